The van der Waals surface area contributed by atoms with Crippen LogP contribution >= 0.6 is 11.3 Å². The largest absolute Gasteiger partial charge is 0.497 e. The third-order valence-corrected chi connectivity index (χ3v) is 7.69. The molecule has 1 aliphatic rings. The van der Waals surface area contributed by atoms with Gasteiger partial charge < -0.3 is 14.2 Å². The summed E-state index contributed by atoms with van der Waals surface area (Å²) in [4.78, 5) is 42.7. The van der Waals surface area contributed by atoms with Crippen LogP contribution in [0.15, 0.2) is 93.9 Å². The number of aromatic nitrogens is 1. The lowest BCUT2D eigenvalue weighted by molar-refractivity contribution is -0.385. The monoisotopic (exact) mass is 585 g/mol. The standard InChI is InChI=1S/C31H27N3O7S/c1-4-40-30(36)27-19(2)32-31-33(28(27)21-11-15-23(39-3)16-12-21)29(35)26(42-31)17-20-9-13-24(14-10-20)41-18-22-7-5-6-8-25(22)34(37)38/h5-17,28H,4,18H2,1-3H3/b26-17-/t28-/m1/s1. The maximum Gasteiger partial charge on any atom is 0.338 e. The molecule has 11 heteroatoms. The van der Waals surface area contributed by atoms with Crippen LogP contribution in [0, 0.1) is 10.1 Å². The van der Waals surface area contributed by atoms with E-state index in [1.165, 1.54) is 22.0 Å². The number of fused-ring (bicyclic) bond motifs is 1. The molecule has 0 fully saturated rings. The summed E-state index contributed by atoms with van der Waals surface area (Å²) in [5, 5.41) is 11.3. The van der Waals surface area contributed by atoms with Gasteiger partial charge >= 0.3 is 5.97 Å². The minimum Gasteiger partial charge on any atom is -0.497 e. The Morgan fingerprint density at radius 3 is 2.43 bits per heavy atom. The fourth-order valence-electron chi connectivity index (χ4n) is 4.68. The zero-order valence-electron chi connectivity index (χ0n) is 23.1. The van der Waals surface area contributed by atoms with E-state index in [-0.39, 0.29) is 24.5 Å². The summed E-state index contributed by atoms with van der Waals surface area (Å²) in [6.07, 6.45) is 1.75. The molecule has 0 radical (unpaired) electrons. The average molecular weight is 586 g/mol. The molecule has 1 aromatic heterocycles. The molecule has 0 aliphatic carbocycles. The normalized spacial score (nSPS) is 14.6. The molecule has 0 saturated heterocycles. The van der Waals surface area contributed by atoms with Gasteiger partial charge in [0, 0.05) is 6.07 Å². The fourth-order valence-corrected chi connectivity index (χ4v) is 5.72. The van der Waals surface area contributed by atoms with Crippen molar-refractivity contribution in [1.82, 2.24) is 4.57 Å². The first-order valence-corrected chi connectivity index (χ1v) is 13.9. The van der Waals surface area contributed by atoms with Crippen LogP contribution in [0.25, 0.3) is 6.08 Å². The SMILES string of the molecule is CCOC(=O)C1=C(C)N=c2s/c(=C\c3ccc(OCc4ccccc4[N+](=O)[O-])cc3)c(=O)n2[C@@H]1c1ccc(OC)cc1. The molecule has 0 amide bonds. The summed E-state index contributed by atoms with van der Waals surface area (Å²) in [6.45, 7) is 3.70. The number of carbonyl (C=O) groups is 1. The number of para-hydroxylation sites is 1. The zero-order chi connectivity index (χ0) is 29.8. The molecular formula is C31H27N3O7S. The Kier molecular flexibility index (Phi) is 8.30. The van der Waals surface area contributed by atoms with Gasteiger partial charge in [-0.2, -0.15) is 0 Å². The number of nitro groups is 1. The summed E-state index contributed by atoms with van der Waals surface area (Å²) in [5.41, 5.74) is 2.45. The topological polar surface area (TPSA) is 122 Å². The minimum absolute atomic E-state index is 0.00112. The molecule has 3 aromatic carbocycles. The first-order chi connectivity index (χ1) is 20.3. The van der Waals surface area contributed by atoms with Gasteiger partial charge in [0.1, 0.15) is 18.1 Å². The molecular weight excluding hydrogens is 558 g/mol. The van der Waals surface area contributed by atoms with Crippen molar-refractivity contribution in [2.24, 2.45) is 4.99 Å². The fraction of sp³-hybridized carbons (Fsp3) is 0.194. The minimum atomic E-state index is -0.717. The highest BCUT2D eigenvalue weighted by Crippen LogP contribution is 2.31. The van der Waals surface area contributed by atoms with E-state index in [1.54, 1.807) is 81.6 Å². The van der Waals surface area contributed by atoms with Gasteiger partial charge in [-0.15, -0.1) is 0 Å². The van der Waals surface area contributed by atoms with Crippen molar-refractivity contribution in [3.8, 4) is 11.5 Å². The maximum atomic E-state index is 13.8. The van der Waals surface area contributed by atoms with Crippen LogP contribution in [-0.4, -0.2) is 29.2 Å². The van der Waals surface area contributed by atoms with E-state index in [1.807, 2.05) is 12.1 Å². The van der Waals surface area contributed by atoms with Crippen molar-refractivity contribution >= 4 is 29.1 Å². The molecule has 0 unspecified atom stereocenters. The van der Waals surface area contributed by atoms with Crippen LogP contribution < -0.4 is 24.4 Å². The Morgan fingerprint density at radius 1 is 1.07 bits per heavy atom. The van der Waals surface area contributed by atoms with Gasteiger partial charge in [0.25, 0.3) is 11.2 Å². The number of nitrogens with zero attached hydrogens (tertiary/aromatic N) is 3. The maximum absolute atomic E-state index is 13.8. The summed E-state index contributed by atoms with van der Waals surface area (Å²) in [6, 6.07) is 20.0. The smallest absolute Gasteiger partial charge is 0.338 e. The molecule has 214 valence electrons. The summed E-state index contributed by atoms with van der Waals surface area (Å²) in [7, 11) is 1.57. The molecule has 5 rings (SSSR count). The van der Waals surface area contributed by atoms with Gasteiger partial charge in [0.05, 0.1) is 46.0 Å². The second-order valence-electron chi connectivity index (χ2n) is 9.32. The van der Waals surface area contributed by atoms with E-state index in [2.05, 4.69) is 4.99 Å². The number of thiazole rings is 1. The second kappa shape index (κ2) is 12.2. The van der Waals surface area contributed by atoms with E-state index in [4.69, 9.17) is 14.2 Å². The lowest BCUT2D eigenvalue weighted by atomic mass is 9.96. The summed E-state index contributed by atoms with van der Waals surface area (Å²) in [5.74, 6) is 0.658. The number of nitro benzene ring substituents is 1. The van der Waals surface area contributed by atoms with Crippen molar-refractivity contribution in [2.75, 3.05) is 13.7 Å². The van der Waals surface area contributed by atoms with E-state index >= 15 is 0 Å². The number of hydrogen-bond donors (Lipinski definition) is 0. The number of benzene rings is 3. The van der Waals surface area contributed by atoms with Crippen molar-refractivity contribution in [3.05, 3.63) is 131 Å². The quantitative estimate of drug-likeness (QED) is 0.163. The molecule has 1 atom stereocenters. The van der Waals surface area contributed by atoms with Crippen LogP contribution in [0.3, 0.4) is 0 Å². The zero-order valence-corrected chi connectivity index (χ0v) is 23.9. The lowest BCUT2D eigenvalue weighted by Crippen LogP contribution is -2.39. The highest BCUT2D eigenvalue weighted by atomic mass is 32.1. The van der Waals surface area contributed by atoms with E-state index in [9.17, 15) is 19.7 Å². The second-order valence-corrected chi connectivity index (χ2v) is 10.3. The highest BCUT2D eigenvalue weighted by molar-refractivity contribution is 7.07. The molecule has 0 spiro atoms. The predicted octanol–water partition coefficient (Wildman–Crippen LogP) is 4.29. The van der Waals surface area contributed by atoms with Gasteiger partial charge in [0.2, 0.25) is 0 Å². The van der Waals surface area contributed by atoms with Gasteiger partial charge in [-0.3, -0.25) is 19.5 Å². The first-order valence-electron chi connectivity index (χ1n) is 13.1. The summed E-state index contributed by atoms with van der Waals surface area (Å²) < 4.78 is 18.4. The Hall–Kier alpha value is -5.03. The number of esters is 1. The number of ether oxygens (including phenoxy) is 3. The van der Waals surface area contributed by atoms with Crippen molar-refractivity contribution < 1.29 is 23.9 Å². The van der Waals surface area contributed by atoms with Crippen molar-refractivity contribution in [3.63, 3.8) is 0 Å². The average Bonchev–Trinajstić information content (AvgIpc) is 3.30. The Morgan fingerprint density at radius 2 is 1.76 bits per heavy atom. The Labute approximate surface area is 244 Å². The number of methoxy groups -OCH3 is 1. The molecule has 10 nitrogen and oxygen atoms in total. The molecule has 0 N–H and O–H groups in total. The van der Waals surface area contributed by atoms with Gasteiger partial charge in [0.15, 0.2) is 4.80 Å². The number of hydrogen-bond acceptors (Lipinski definition) is 9. The van der Waals surface area contributed by atoms with Crippen LogP contribution in [0.2, 0.25) is 0 Å². The molecule has 4 aromatic rings. The molecule has 0 saturated carbocycles. The number of allylic oxidation sites excluding steroid dienone is 1. The number of rotatable bonds is 9. The van der Waals surface area contributed by atoms with Crippen LogP contribution in [0.5, 0.6) is 11.5 Å². The lowest BCUT2D eigenvalue weighted by Gasteiger charge is -2.24. The van der Waals surface area contributed by atoms with E-state index in [0.717, 1.165) is 11.1 Å². The highest BCUT2D eigenvalue weighted by Gasteiger charge is 2.33. The molecule has 42 heavy (non-hydrogen) atoms. The van der Waals surface area contributed by atoms with Crippen LogP contribution in [0.1, 0.15) is 36.6 Å². The molecule has 1 aliphatic heterocycles. The third-order valence-electron chi connectivity index (χ3n) is 6.71. The van der Waals surface area contributed by atoms with Gasteiger partial charge in [-0.1, -0.05) is 47.7 Å². The Bertz CT molecular complexity index is 1860. The van der Waals surface area contributed by atoms with Crippen LogP contribution in [0.4, 0.5) is 5.69 Å². The summed E-state index contributed by atoms with van der Waals surface area (Å²) >= 11 is 1.23. The van der Waals surface area contributed by atoms with Gasteiger partial charge in [-0.05, 0) is 61.4 Å². The van der Waals surface area contributed by atoms with Gasteiger partial charge in [-0.25, -0.2) is 9.79 Å². The van der Waals surface area contributed by atoms with Crippen molar-refractivity contribution in [2.45, 2.75) is 26.5 Å². The van der Waals surface area contributed by atoms with E-state index < -0.39 is 16.9 Å². The predicted molar refractivity (Wildman–Crippen MR) is 157 cm³/mol. The first kappa shape index (κ1) is 28.5. The molecule has 0 bridgehead atoms. The van der Waals surface area contributed by atoms with Crippen molar-refractivity contribution in [1.29, 1.82) is 0 Å². The third kappa shape index (κ3) is 5.72. The Balaban J connectivity index is 1.48. The molecule has 2 heterocycles. The van der Waals surface area contributed by atoms with E-state index in [0.29, 0.717) is 37.7 Å². The van der Waals surface area contributed by atoms with Crippen LogP contribution in [-0.2, 0) is 16.1 Å². The number of carbonyl (C=O) groups excluding carboxylic acids is 1.